The molecule has 3 nitrogen and oxygen atoms in total. The Morgan fingerprint density at radius 2 is 1.77 bits per heavy atom. The van der Waals surface area contributed by atoms with Crippen molar-refractivity contribution in [3.05, 3.63) is 47.5 Å². The molecule has 7 atom stereocenters. The number of allylic oxidation sites excluding steroid dienone is 1. The van der Waals surface area contributed by atoms with Crippen LogP contribution in [0.1, 0.15) is 77.7 Å². The first-order chi connectivity index (χ1) is 14.3. The molecule has 3 saturated carbocycles. The van der Waals surface area contributed by atoms with Gasteiger partial charge in [0.05, 0.1) is 5.60 Å². The van der Waals surface area contributed by atoms with E-state index < -0.39 is 5.60 Å². The van der Waals surface area contributed by atoms with Crippen molar-refractivity contribution in [1.29, 1.82) is 0 Å². The molecule has 0 radical (unpaired) electrons. The van der Waals surface area contributed by atoms with E-state index in [9.17, 15) is 9.90 Å². The fourth-order valence-electron chi connectivity index (χ4n) is 8.17. The van der Waals surface area contributed by atoms with Crippen molar-refractivity contribution in [3.63, 3.8) is 0 Å². The summed E-state index contributed by atoms with van der Waals surface area (Å²) >= 11 is 0. The first-order valence-electron chi connectivity index (χ1n) is 11.9. The minimum absolute atomic E-state index is 0.0494. The number of rotatable bonds is 2. The first-order valence-corrected chi connectivity index (χ1v) is 11.9. The molecule has 3 fully saturated rings. The van der Waals surface area contributed by atoms with E-state index in [1.807, 2.05) is 6.07 Å². The number of hydrogen-bond donors (Lipinski definition) is 1. The highest BCUT2D eigenvalue weighted by molar-refractivity contribution is 5.66. The van der Waals surface area contributed by atoms with Gasteiger partial charge in [-0.1, -0.05) is 55.8 Å². The third-order valence-electron chi connectivity index (χ3n) is 9.79. The van der Waals surface area contributed by atoms with Gasteiger partial charge in [-0.15, -0.1) is 0 Å². The molecular formula is C27H36O3. The smallest absolute Gasteiger partial charge is 0.302 e. The Hall–Kier alpha value is -1.61. The van der Waals surface area contributed by atoms with Crippen molar-refractivity contribution in [2.45, 2.75) is 83.8 Å². The van der Waals surface area contributed by atoms with Crippen molar-refractivity contribution >= 4 is 5.97 Å². The predicted octanol–water partition coefficient (Wildman–Crippen LogP) is 5.77. The van der Waals surface area contributed by atoms with Crippen LogP contribution in [0.5, 0.6) is 0 Å². The Bertz CT molecular complexity index is 860. The van der Waals surface area contributed by atoms with Crippen LogP contribution in [0.2, 0.25) is 0 Å². The summed E-state index contributed by atoms with van der Waals surface area (Å²) in [6, 6.07) is 10.4. The molecule has 4 aliphatic carbocycles. The van der Waals surface area contributed by atoms with E-state index >= 15 is 0 Å². The van der Waals surface area contributed by atoms with Crippen molar-refractivity contribution in [2.75, 3.05) is 0 Å². The summed E-state index contributed by atoms with van der Waals surface area (Å²) in [4.78, 5) is 11.5. The third kappa shape index (κ3) is 2.77. The van der Waals surface area contributed by atoms with Crippen LogP contribution in [0.25, 0.3) is 0 Å². The summed E-state index contributed by atoms with van der Waals surface area (Å²) in [5.41, 5.74) is 2.11. The monoisotopic (exact) mass is 408 g/mol. The maximum atomic E-state index is 12.0. The lowest BCUT2D eigenvalue weighted by atomic mass is 9.46. The van der Waals surface area contributed by atoms with Gasteiger partial charge in [0.1, 0.15) is 6.10 Å². The van der Waals surface area contributed by atoms with E-state index in [0.29, 0.717) is 17.8 Å². The van der Waals surface area contributed by atoms with Gasteiger partial charge in [0.25, 0.3) is 0 Å². The van der Waals surface area contributed by atoms with E-state index in [1.54, 1.807) is 0 Å². The quantitative estimate of drug-likeness (QED) is 0.499. The van der Waals surface area contributed by atoms with Crippen LogP contribution in [0.3, 0.4) is 0 Å². The summed E-state index contributed by atoms with van der Waals surface area (Å²) < 4.78 is 5.57. The average Bonchev–Trinajstić information content (AvgIpc) is 3.01. The minimum atomic E-state index is -0.707. The van der Waals surface area contributed by atoms with Gasteiger partial charge in [-0.2, -0.15) is 0 Å². The normalized spacial score (nSPS) is 45.0. The van der Waals surface area contributed by atoms with Gasteiger partial charge >= 0.3 is 5.97 Å². The van der Waals surface area contributed by atoms with Gasteiger partial charge in [0, 0.05) is 18.8 Å². The van der Waals surface area contributed by atoms with Gasteiger partial charge in [0.15, 0.2) is 0 Å². The number of hydrogen-bond acceptors (Lipinski definition) is 3. The summed E-state index contributed by atoms with van der Waals surface area (Å²) in [5, 5.41) is 12.0. The molecule has 1 aromatic carbocycles. The molecule has 0 amide bonds. The van der Waals surface area contributed by atoms with Crippen molar-refractivity contribution in [2.24, 2.45) is 28.6 Å². The molecule has 3 heteroatoms. The second kappa shape index (κ2) is 6.95. The van der Waals surface area contributed by atoms with E-state index in [0.717, 1.165) is 50.5 Å². The number of esters is 1. The highest BCUT2D eigenvalue weighted by Crippen LogP contribution is 2.69. The highest BCUT2D eigenvalue weighted by atomic mass is 16.5. The lowest BCUT2D eigenvalue weighted by Crippen LogP contribution is -2.53. The zero-order chi connectivity index (χ0) is 21.1. The number of carbonyl (C=O) groups excluding carboxylic acids is 1. The Kier molecular flexibility index (Phi) is 4.70. The van der Waals surface area contributed by atoms with Gasteiger partial charge in [-0.25, -0.2) is 0 Å². The van der Waals surface area contributed by atoms with Crippen molar-refractivity contribution in [1.82, 2.24) is 0 Å². The number of aliphatic hydroxyl groups is 1. The predicted molar refractivity (Wildman–Crippen MR) is 118 cm³/mol. The maximum Gasteiger partial charge on any atom is 0.302 e. The van der Waals surface area contributed by atoms with Crippen LogP contribution in [-0.2, 0) is 15.1 Å². The Balaban J connectivity index is 1.44. The molecule has 30 heavy (non-hydrogen) atoms. The topological polar surface area (TPSA) is 46.5 Å². The zero-order valence-corrected chi connectivity index (χ0v) is 18.7. The van der Waals surface area contributed by atoms with E-state index in [1.165, 1.54) is 18.9 Å². The summed E-state index contributed by atoms with van der Waals surface area (Å²) in [6.07, 6.45) is 11.0. The molecule has 0 aliphatic heterocycles. The molecule has 1 N–H and O–H groups in total. The number of ether oxygens (including phenoxy) is 1. The van der Waals surface area contributed by atoms with E-state index in [2.05, 4.69) is 44.2 Å². The van der Waals surface area contributed by atoms with Gasteiger partial charge in [-0.05, 0) is 73.7 Å². The molecule has 0 saturated heterocycles. The molecule has 4 aliphatic rings. The molecule has 0 bridgehead atoms. The van der Waals surface area contributed by atoms with Crippen LogP contribution in [0, 0.1) is 28.6 Å². The van der Waals surface area contributed by atoms with Crippen LogP contribution < -0.4 is 0 Å². The van der Waals surface area contributed by atoms with Crippen LogP contribution >= 0.6 is 0 Å². The fourth-order valence-corrected chi connectivity index (χ4v) is 8.17. The number of fused-ring (bicyclic) bond motifs is 5. The largest absolute Gasteiger partial charge is 0.462 e. The fraction of sp³-hybridized carbons (Fsp3) is 0.667. The second-order valence-corrected chi connectivity index (χ2v) is 11.0. The lowest BCUT2D eigenvalue weighted by Gasteiger charge is -2.59. The summed E-state index contributed by atoms with van der Waals surface area (Å²) in [7, 11) is 0. The standard InChI is InChI=1S/C27H36O3/c1-18(28)30-21-11-14-25(2)20(17-21)9-10-22-23(25)12-15-26(3)24(22)13-16-27(26,29)19-7-5-4-6-8-19/h4-9,21-24,29H,10-17H2,1-3H3/t21-,22?,23?,24?,25-,26-,27+/m0/s1. The lowest BCUT2D eigenvalue weighted by molar-refractivity contribution is -0.150. The molecular weight excluding hydrogens is 372 g/mol. The molecule has 1 aromatic rings. The van der Waals surface area contributed by atoms with Gasteiger partial charge < -0.3 is 9.84 Å². The minimum Gasteiger partial charge on any atom is -0.462 e. The Labute approximate surface area is 180 Å². The van der Waals surface area contributed by atoms with Crippen LogP contribution in [-0.4, -0.2) is 17.2 Å². The first kappa shape index (κ1) is 20.3. The van der Waals surface area contributed by atoms with Crippen molar-refractivity contribution in [3.8, 4) is 0 Å². The molecule has 0 heterocycles. The van der Waals surface area contributed by atoms with Gasteiger partial charge in [0.2, 0.25) is 0 Å². The van der Waals surface area contributed by atoms with Crippen LogP contribution in [0.15, 0.2) is 42.0 Å². The average molecular weight is 409 g/mol. The Morgan fingerprint density at radius 1 is 1.03 bits per heavy atom. The molecule has 5 rings (SSSR count). The molecule has 162 valence electrons. The summed E-state index contributed by atoms with van der Waals surface area (Å²) in [5.74, 6) is 1.76. The third-order valence-corrected chi connectivity index (χ3v) is 9.79. The summed E-state index contributed by atoms with van der Waals surface area (Å²) in [6.45, 7) is 6.36. The molecule has 0 spiro atoms. The van der Waals surface area contributed by atoms with Crippen molar-refractivity contribution < 1.29 is 14.6 Å². The number of carbonyl (C=O) groups is 1. The number of benzene rings is 1. The SMILES string of the molecule is CC(=O)O[C@H]1CC[C@@]2(C)C(=CCC3C2CC[C@@]2(C)C3CC[C@@]2(O)c2ccccc2)C1. The zero-order valence-electron chi connectivity index (χ0n) is 18.7. The Morgan fingerprint density at radius 3 is 2.50 bits per heavy atom. The maximum absolute atomic E-state index is 12.0. The van der Waals surface area contributed by atoms with Gasteiger partial charge in [-0.3, -0.25) is 4.79 Å². The highest BCUT2D eigenvalue weighted by Gasteiger charge is 2.64. The van der Waals surface area contributed by atoms with Crippen LogP contribution in [0.4, 0.5) is 0 Å². The second-order valence-electron chi connectivity index (χ2n) is 11.0. The van der Waals surface area contributed by atoms with E-state index in [-0.39, 0.29) is 22.9 Å². The molecule has 0 aromatic heterocycles. The molecule has 3 unspecified atom stereocenters. The van der Waals surface area contributed by atoms with E-state index in [4.69, 9.17) is 4.74 Å².